The Kier molecular flexibility index (Phi) is 3.22. The fourth-order valence-corrected chi connectivity index (χ4v) is 3.03. The van der Waals surface area contributed by atoms with Crippen LogP contribution < -0.4 is 0 Å². The summed E-state index contributed by atoms with van der Waals surface area (Å²) in [6.07, 6.45) is 5.34. The van der Waals surface area contributed by atoms with Gasteiger partial charge < -0.3 is 5.11 Å². The van der Waals surface area contributed by atoms with Crippen LogP contribution >= 0.6 is 23.1 Å². The fourth-order valence-electron chi connectivity index (χ4n) is 1.59. The first kappa shape index (κ1) is 12.2. The van der Waals surface area contributed by atoms with E-state index in [-0.39, 0.29) is 5.56 Å². The second kappa shape index (κ2) is 5.02. The van der Waals surface area contributed by atoms with Crippen LogP contribution in [0.2, 0.25) is 0 Å². The summed E-state index contributed by atoms with van der Waals surface area (Å²) >= 11 is 3.13. The molecular weight excluding hydrogens is 282 g/mol. The predicted octanol–water partition coefficient (Wildman–Crippen LogP) is 2.78. The first-order valence-corrected chi connectivity index (χ1v) is 7.32. The molecule has 0 atom stereocenters. The highest BCUT2D eigenvalue weighted by Crippen LogP contribution is 2.21. The zero-order valence-electron chi connectivity index (χ0n) is 9.68. The number of hydrogen-bond donors (Lipinski definition) is 1. The van der Waals surface area contributed by atoms with Crippen molar-refractivity contribution in [2.24, 2.45) is 0 Å². The van der Waals surface area contributed by atoms with E-state index in [1.165, 1.54) is 18.0 Å². The van der Waals surface area contributed by atoms with E-state index in [4.69, 9.17) is 5.11 Å². The van der Waals surface area contributed by atoms with Crippen LogP contribution in [0.15, 0.2) is 41.1 Å². The molecular formula is C12H9N3O2S2. The normalized spacial score (nSPS) is 10.9. The number of imidazole rings is 1. The molecule has 1 N–H and O–H groups in total. The minimum atomic E-state index is -0.960. The van der Waals surface area contributed by atoms with E-state index in [1.807, 2.05) is 22.2 Å². The minimum absolute atomic E-state index is 0.201. The van der Waals surface area contributed by atoms with Gasteiger partial charge in [-0.15, -0.1) is 11.3 Å². The van der Waals surface area contributed by atoms with Crippen LogP contribution in [0, 0.1) is 0 Å². The van der Waals surface area contributed by atoms with Gasteiger partial charge in [-0.3, -0.25) is 4.40 Å². The molecule has 5 nitrogen and oxygen atoms in total. The number of fused-ring (bicyclic) bond motifs is 1. The number of rotatable bonds is 4. The van der Waals surface area contributed by atoms with Crippen molar-refractivity contribution in [2.45, 2.75) is 10.8 Å². The van der Waals surface area contributed by atoms with Gasteiger partial charge in [-0.25, -0.2) is 14.8 Å². The third-order valence-corrected chi connectivity index (χ3v) is 4.24. The van der Waals surface area contributed by atoms with Crippen LogP contribution in [0.5, 0.6) is 0 Å². The molecule has 96 valence electrons. The highest BCUT2D eigenvalue weighted by molar-refractivity contribution is 7.98. The number of aromatic nitrogens is 3. The summed E-state index contributed by atoms with van der Waals surface area (Å²) in [6.45, 7) is 0. The molecule has 0 aromatic carbocycles. The second-order valence-corrected chi connectivity index (χ2v) is 5.67. The number of carbonyl (C=O) groups is 1. The van der Waals surface area contributed by atoms with Crippen LogP contribution in [0.1, 0.15) is 16.1 Å². The highest BCUT2D eigenvalue weighted by atomic mass is 32.2. The summed E-state index contributed by atoms with van der Waals surface area (Å²) in [5, 5.41) is 11.6. The van der Waals surface area contributed by atoms with Crippen molar-refractivity contribution < 1.29 is 9.90 Å². The molecule has 0 radical (unpaired) electrons. The number of aromatic carboxylic acids is 1. The van der Waals surface area contributed by atoms with Gasteiger partial charge in [-0.2, -0.15) is 0 Å². The van der Waals surface area contributed by atoms with Gasteiger partial charge in [0.05, 0.1) is 16.3 Å². The maximum atomic E-state index is 10.7. The van der Waals surface area contributed by atoms with Crippen molar-refractivity contribution in [1.82, 2.24) is 14.4 Å². The molecule has 0 aliphatic heterocycles. The van der Waals surface area contributed by atoms with Gasteiger partial charge >= 0.3 is 5.97 Å². The lowest BCUT2D eigenvalue weighted by atomic mass is 10.3. The molecule has 0 aliphatic carbocycles. The molecule has 0 saturated heterocycles. The first-order valence-electron chi connectivity index (χ1n) is 5.45. The van der Waals surface area contributed by atoms with Crippen molar-refractivity contribution in [3.63, 3.8) is 0 Å². The lowest BCUT2D eigenvalue weighted by Gasteiger charge is -1.99. The number of carboxylic acids is 1. The average Bonchev–Trinajstić information content (AvgIpc) is 2.97. The van der Waals surface area contributed by atoms with Gasteiger partial charge in [0, 0.05) is 29.7 Å². The number of hydrogen-bond acceptors (Lipinski definition) is 5. The van der Waals surface area contributed by atoms with Gasteiger partial charge in [0.15, 0.2) is 4.96 Å². The van der Waals surface area contributed by atoms with Crippen LogP contribution in [0.4, 0.5) is 0 Å². The molecule has 0 aliphatic rings. The van der Waals surface area contributed by atoms with Crippen molar-refractivity contribution in [3.8, 4) is 0 Å². The molecule has 7 heteroatoms. The fraction of sp³-hybridized carbons (Fsp3) is 0.0833. The molecule has 3 aromatic rings. The molecule has 0 unspecified atom stereocenters. The third-order valence-electron chi connectivity index (χ3n) is 2.49. The summed E-state index contributed by atoms with van der Waals surface area (Å²) in [6, 6.07) is 3.27. The van der Waals surface area contributed by atoms with Crippen molar-refractivity contribution in [3.05, 3.63) is 47.4 Å². The summed E-state index contributed by atoms with van der Waals surface area (Å²) in [5.74, 6) is -0.244. The number of thiazole rings is 1. The average molecular weight is 291 g/mol. The number of thioether (sulfide) groups is 1. The maximum Gasteiger partial charge on any atom is 0.337 e. The number of pyridine rings is 1. The summed E-state index contributed by atoms with van der Waals surface area (Å²) in [4.78, 5) is 20.3. The van der Waals surface area contributed by atoms with Gasteiger partial charge in [-0.1, -0.05) is 11.8 Å². The molecule has 0 bridgehead atoms. The van der Waals surface area contributed by atoms with Crippen LogP contribution in [-0.2, 0) is 5.75 Å². The number of carboxylic acid groups (broad SMARTS) is 1. The van der Waals surface area contributed by atoms with E-state index in [1.54, 1.807) is 23.5 Å². The Morgan fingerprint density at radius 2 is 2.37 bits per heavy atom. The van der Waals surface area contributed by atoms with Crippen LogP contribution in [-0.4, -0.2) is 25.4 Å². The largest absolute Gasteiger partial charge is 0.478 e. The quantitative estimate of drug-likeness (QED) is 0.749. The lowest BCUT2D eigenvalue weighted by molar-refractivity contribution is 0.0696. The Bertz CT molecular complexity index is 689. The van der Waals surface area contributed by atoms with E-state index < -0.39 is 5.97 Å². The third kappa shape index (κ3) is 2.61. The SMILES string of the molecule is O=C(O)c1ccc(SCc2cn3ccsc3n2)nc1. The Labute approximate surface area is 116 Å². The Morgan fingerprint density at radius 1 is 1.47 bits per heavy atom. The zero-order valence-corrected chi connectivity index (χ0v) is 11.3. The van der Waals surface area contributed by atoms with Crippen molar-refractivity contribution in [1.29, 1.82) is 0 Å². The minimum Gasteiger partial charge on any atom is -0.478 e. The van der Waals surface area contributed by atoms with Gasteiger partial charge in [0.25, 0.3) is 0 Å². The molecule has 3 aromatic heterocycles. The first-order chi connectivity index (χ1) is 9.22. The Hall–Kier alpha value is -1.86. The summed E-state index contributed by atoms with van der Waals surface area (Å²) in [7, 11) is 0. The molecule has 19 heavy (non-hydrogen) atoms. The molecule has 0 spiro atoms. The smallest absolute Gasteiger partial charge is 0.337 e. The topological polar surface area (TPSA) is 67.5 Å². The van der Waals surface area contributed by atoms with E-state index >= 15 is 0 Å². The van der Waals surface area contributed by atoms with Crippen molar-refractivity contribution in [2.75, 3.05) is 0 Å². The zero-order chi connectivity index (χ0) is 13.2. The summed E-state index contributed by atoms with van der Waals surface area (Å²) in [5.41, 5.74) is 1.19. The molecule has 3 heterocycles. The second-order valence-electron chi connectivity index (χ2n) is 3.80. The van der Waals surface area contributed by atoms with E-state index in [0.717, 1.165) is 15.7 Å². The van der Waals surface area contributed by atoms with E-state index in [2.05, 4.69) is 9.97 Å². The summed E-state index contributed by atoms with van der Waals surface area (Å²) < 4.78 is 1.99. The molecule has 0 saturated carbocycles. The Morgan fingerprint density at radius 3 is 3.05 bits per heavy atom. The van der Waals surface area contributed by atoms with Gasteiger partial charge in [0.2, 0.25) is 0 Å². The Balaban J connectivity index is 1.68. The molecule has 3 rings (SSSR count). The predicted molar refractivity (Wildman–Crippen MR) is 73.8 cm³/mol. The lowest BCUT2D eigenvalue weighted by Crippen LogP contribution is -1.96. The maximum absolute atomic E-state index is 10.7. The van der Waals surface area contributed by atoms with E-state index in [0.29, 0.717) is 5.75 Å². The standard InChI is InChI=1S/C12H9N3O2S2/c16-11(17)8-1-2-10(13-5-8)19-7-9-6-15-3-4-18-12(15)14-9/h1-6H,7H2,(H,16,17). The molecule has 0 fully saturated rings. The highest BCUT2D eigenvalue weighted by Gasteiger charge is 2.06. The molecule has 0 amide bonds. The van der Waals surface area contributed by atoms with Gasteiger partial charge in [0.1, 0.15) is 0 Å². The van der Waals surface area contributed by atoms with Gasteiger partial charge in [-0.05, 0) is 12.1 Å². The van der Waals surface area contributed by atoms with Crippen LogP contribution in [0.25, 0.3) is 4.96 Å². The monoisotopic (exact) mass is 291 g/mol. The number of nitrogens with zero attached hydrogens (tertiary/aromatic N) is 3. The van der Waals surface area contributed by atoms with E-state index in [9.17, 15) is 4.79 Å². The van der Waals surface area contributed by atoms with Crippen LogP contribution in [0.3, 0.4) is 0 Å². The van der Waals surface area contributed by atoms with Crippen molar-refractivity contribution >= 4 is 34.0 Å².